The molecule has 0 spiro atoms. The third-order valence-electron chi connectivity index (χ3n) is 3.11. The Balaban J connectivity index is 1.92. The molecule has 106 valence electrons. The smallest absolute Gasteiger partial charge is 0.352 e. The van der Waals surface area contributed by atoms with Crippen molar-refractivity contribution in [1.29, 1.82) is 0 Å². The molecule has 1 amide bonds. The average molecular weight is 284 g/mol. The summed E-state index contributed by atoms with van der Waals surface area (Å²) in [5.74, 6) is -0.742. The molecule has 0 saturated carbocycles. The van der Waals surface area contributed by atoms with Gasteiger partial charge in [0.2, 0.25) is 0 Å². The Hall–Kier alpha value is -3.03. The molecule has 8 nitrogen and oxygen atoms in total. The fourth-order valence-electron chi connectivity index (χ4n) is 2.03. The van der Waals surface area contributed by atoms with Gasteiger partial charge in [-0.1, -0.05) is 35.5 Å². The van der Waals surface area contributed by atoms with Crippen LogP contribution in [0.1, 0.15) is 16.1 Å². The van der Waals surface area contributed by atoms with Crippen molar-refractivity contribution in [2.75, 3.05) is 0 Å². The van der Waals surface area contributed by atoms with Gasteiger partial charge < -0.3 is 5.73 Å². The summed E-state index contributed by atoms with van der Waals surface area (Å²) in [5.41, 5.74) is 5.85. The van der Waals surface area contributed by atoms with Crippen molar-refractivity contribution >= 4 is 11.6 Å². The molecule has 0 aliphatic rings. The molecule has 0 unspecified atom stereocenters. The van der Waals surface area contributed by atoms with Gasteiger partial charge in [0.25, 0.3) is 5.91 Å². The molecule has 21 heavy (non-hydrogen) atoms. The maximum atomic E-state index is 12.2. The Morgan fingerprint density at radius 2 is 2.00 bits per heavy atom. The number of benzene rings is 1. The number of rotatable bonds is 4. The number of hydrogen-bond acceptors (Lipinski definition) is 5. The van der Waals surface area contributed by atoms with E-state index in [0.29, 0.717) is 13.0 Å². The minimum absolute atomic E-state index is 0.0604. The summed E-state index contributed by atoms with van der Waals surface area (Å²) in [7, 11) is 0. The van der Waals surface area contributed by atoms with Crippen LogP contribution in [0.15, 0.2) is 41.5 Å². The highest BCUT2D eigenvalue weighted by atomic mass is 16.2. The fourth-order valence-corrected chi connectivity index (χ4v) is 2.03. The molecular formula is C13H12N6O2. The average Bonchev–Trinajstić information content (AvgIpc) is 2.92. The highest BCUT2D eigenvalue weighted by molar-refractivity contribution is 5.96. The zero-order valence-corrected chi connectivity index (χ0v) is 11.0. The van der Waals surface area contributed by atoms with Gasteiger partial charge >= 0.3 is 5.69 Å². The topological polar surface area (TPSA) is 108 Å². The molecule has 0 aliphatic heterocycles. The van der Waals surface area contributed by atoms with Crippen molar-refractivity contribution in [1.82, 2.24) is 24.4 Å². The summed E-state index contributed by atoms with van der Waals surface area (Å²) in [6.45, 7) is 0.385. The predicted molar refractivity (Wildman–Crippen MR) is 73.7 cm³/mol. The first kappa shape index (κ1) is 13.0. The molecule has 2 heterocycles. The van der Waals surface area contributed by atoms with Gasteiger partial charge in [0.05, 0.1) is 6.54 Å². The number of fused-ring (bicyclic) bond motifs is 1. The summed E-state index contributed by atoms with van der Waals surface area (Å²) in [4.78, 5) is 27.2. The lowest BCUT2D eigenvalue weighted by atomic mass is 10.1. The van der Waals surface area contributed by atoms with Crippen LogP contribution < -0.4 is 11.4 Å². The van der Waals surface area contributed by atoms with Crippen molar-refractivity contribution in [2.24, 2.45) is 5.73 Å². The first-order valence-corrected chi connectivity index (χ1v) is 6.31. The van der Waals surface area contributed by atoms with Crippen LogP contribution in [0.25, 0.3) is 5.65 Å². The van der Waals surface area contributed by atoms with Gasteiger partial charge in [0, 0.05) is 0 Å². The standard InChI is InChI=1S/C13H12N6O2/c14-11(20)10-12-16-17-19(13(21)18(12)8-15-10)7-6-9-4-2-1-3-5-9/h1-5,8H,6-7H2,(H2,14,20). The number of imidazole rings is 1. The molecule has 0 bridgehead atoms. The van der Waals surface area contributed by atoms with Crippen LogP contribution in [0.3, 0.4) is 0 Å². The number of primary amides is 1. The minimum Gasteiger partial charge on any atom is -0.364 e. The molecule has 0 radical (unpaired) electrons. The molecule has 3 rings (SSSR count). The summed E-state index contributed by atoms with van der Waals surface area (Å²) in [6, 6.07) is 9.74. The van der Waals surface area contributed by atoms with Gasteiger partial charge in [-0.15, -0.1) is 5.10 Å². The maximum absolute atomic E-state index is 12.2. The lowest BCUT2D eigenvalue weighted by Gasteiger charge is -2.04. The molecule has 3 aromatic rings. The van der Waals surface area contributed by atoms with Crippen molar-refractivity contribution in [3.63, 3.8) is 0 Å². The van der Waals surface area contributed by atoms with E-state index < -0.39 is 11.6 Å². The van der Waals surface area contributed by atoms with Crippen molar-refractivity contribution in [3.05, 3.63) is 58.4 Å². The lowest BCUT2D eigenvalue weighted by Crippen LogP contribution is -2.30. The normalized spacial score (nSPS) is 10.9. The Morgan fingerprint density at radius 3 is 2.71 bits per heavy atom. The van der Waals surface area contributed by atoms with Crippen molar-refractivity contribution in [2.45, 2.75) is 13.0 Å². The third-order valence-corrected chi connectivity index (χ3v) is 3.11. The first-order chi connectivity index (χ1) is 10.2. The summed E-state index contributed by atoms with van der Waals surface area (Å²) >= 11 is 0. The van der Waals surface area contributed by atoms with E-state index in [9.17, 15) is 9.59 Å². The maximum Gasteiger partial charge on any atom is 0.352 e. The van der Waals surface area contributed by atoms with Crippen LogP contribution in [0.4, 0.5) is 0 Å². The SMILES string of the molecule is NC(=O)c1ncn2c(=O)n(CCc3ccccc3)nnc12. The Kier molecular flexibility index (Phi) is 3.19. The second-order valence-electron chi connectivity index (χ2n) is 4.48. The molecule has 0 aliphatic carbocycles. The van der Waals surface area contributed by atoms with Crippen molar-refractivity contribution < 1.29 is 4.79 Å². The van der Waals surface area contributed by atoms with Gasteiger partial charge in [0.1, 0.15) is 6.33 Å². The number of carbonyl (C=O) groups excluding carboxylic acids is 1. The molecular weight excluding hydrogens is 272 g/mol. The number of hydrogen-bond donors (Lipinski definition) is 1. The zero-order chi connectivity index (χ0) is 14.8. The van der Waals surface area contributed by atoms with Crippen LogP contribution in [0, 0.1) is 0 Å². The van der Waals surface area contributed by atoms with E-state index in [4.69, 9.17) is 5.73 Å². The van der Waals surface area contributed by atoms with E-state index in [0.717, 1.165) is 9.96 Å². The highest BCUT2D eigenvalue weighted by Crippen LogP contribution is 2.02. The molecule has 0 atom stereocenters. The van der Waals surface area contributed by atoms with Crippen LogP contribution in [-0.4, -0.2) is 30.3 Å². The zero-order valence-electron chi connectivity index (χ0n) is 11.0. The molecule has 8 heteroatoms. The van der Waals surface area contributed by atoms with Crippen LogP contribution in [0.5, 0.6) is 0 Å². The van der Waals surface area contributed by atoms with E-state index in [1.807, 2.05) is 30.3 Å². The number of nitrogens with zero attached hydrogens (tertiary/aromatic N) is 5. The third kappa shape index (κ3) is 2.38. The summed E-state index contributed by atoms with van der Waals surface area (Å²) in [6.07, 6.45) is 1.88. The molecule has 2 N–H and O–H groups in total. The van der Waals surface area contributed by atoms with Crippen LogP contribution in [0.2, 0.25) is 0 Å². The van der Waals surface area contributed by atoms with E-state index in [2.05, 4.69) is 15.3 Å². The Labute approximate surface area is 118 Å². The van der Waals surface area contributed by atoms with Gasteiger partial charge in [-0.25, -0.2) is 14.2 Å². The number of amides is 1. The Morgan fingerprint density at radius 1 is 1.24 bits per heavy atom. The quantitative estimate of drug-likeness (QED) is 0.703. The molecule has 0 fully saturated rings. The van der Waals surface area contributed by atoms with E-state index in [1.165, 1.54) is 11.0 Å². The van der Waals surface area contributed by atoms with Gasteiger partial charge in [-0.05, 0) is 12.0 Å². The largest absolute Gasteiger partial charge is 0.364 e. The fraction of sp³-hybridized carbons (Fsp3) is 0.154. The monoisotopic (exact) mass is 284 g/mol. The number of nitrogens with two attached hydrogens (primary N) is 1. The number of carbonyl (C=O) groups is 1. The Bertz CT molecular complexity index is 852. The predicted octanol–water partition coefficient (Wildman–Crippen LogP) is -0.372. The molecule has 0 saturated heterocycles. The van der Waals surface area contributed by atoms with E-state index in [-0.39, 0.29) is 11.3 Å². The number of aryl methyl sites for hydroxylation is 2. The van der Waals surface area contributed by atoms with Crippen molar-refractivity contribution in [3.8, 4) is 0 Å². The van der Waals surface area contributed by atoms with Crippen LogP contribution in [-0.2, 0) is 13.0 Å². The van der Waals surface area contributed by atoms with Gasteiger partial charge in [-0.3, -0.25) is 4.79 Å². The summed E-state index contributed by atoms with van der Waals surface area (Å²) < 4.78 is 2.39. The second-order valence-corrected chi connectivity index (χ2v) is 4.48. The first-order valence-electron chi connectivity index (χ1n) is 6.31. The van der Waals surface area contributed by atoms with E-state index >= 15 is 0 Å². The minimum atomic E-state index is -0.742. The summed E-state index contributed by atoms with van der Waals surface area (Å²) in [5, 5.41) is 7.67. The molecule has 1 aromatic carbocycles. The lowest BCUT2D eigenvalue weighted by molar-refractivity contribution is 0.0997. The number of aromatic nitrogens is 5. The van der Waals surface area contributed by atoms with Gasteiger partial charge in [0.15, 0.2) is 11.3 Å². The molecule has 2 aromatic heterocycles. The van der Waals surface area contributed by atoms with E-state index in [1.54, 1.807) is 0 Å². The second kappa shape index (κ2) is 5.16. The van der Waals surface area contributed by atoms with Crippen LogP contribution >= 0.6 is 0 Å². The van der Waals surface area contributed by atoms with Gasteiger partial charge in [-0.2, -0.15) is 4.68 Å². The highest BCUT2D eigenvalue weighted by Gasteiger charge is 2.14.